The van der Waals surface area contributed by atoms with Crippen LogP contribution < -0.4 is 26.5 Å². The van der Waals surface area contributed by atoms with Crippen LogP contribution in [0.4, 0.5) is 0 Å². The summed E-state index contributed by atoms with van der Waals surface area (Å²) in [5.41, 5.74) is -0.873. The molecule has 0 heterocycles. The molecule has 0 saturated heterocycles. The van der Waals surface area contributed by atoms with Crippen molar-refractivity contribution in [3.63, 3.8) is 0 Å². The molecule has 0 fully saturated rings. The molecule has 0 radical (unpaired) electrons. The second-order valence-electron chi connectivity index (χ2n) is 6.13. The van der Waals surface area contributed by atoms with E-state index < -0.39 is 30.6 Å². The van der Waals surface area contributed by atoms with Gasteiger partial charge in [-0.15, -0.1) is 0 Å². The van der Waals surface area contributed by atoms with Gasteiger partial charge in [0, 0.05) is 0 Å². The van der Waals surface area contributed by atoms with E-state index in [1.165, 1.54) is 7.11 Å². The zero-order chi connectivity index (χ0) is 18.8. The van der Waals surface area contributed by atoms with Gasteiger partial charge in [-0.05, 0) is 0 Å². The molecule has 0 rings (SSSR count). The van der Waals surface area contributed by atoms with Gasteiger partial charge in [0.05, 0.1) is 7.11 Å². The molecule has 0 bridgehead atoms. The Balaban J connectivity index is 4.63. The van der Waals surface area contributed by atoms with Crippen LogP contribution in [-0.2, 0) is 14.3 Å². The topological polar surface area (TPSA) is 108 Å². The predicted octanol–water partition coefficient (Wildman–Crippen LogP) is -3.15. The number of aliphatic hydroxyl groups excluding tert-OH is 3. The molecule has 0 aromatic heterocycles. The number of alkyl halides is 2. The van der Waals surface area contributed by atoms with Crippen LogP contribution in [0.3, 0.4) is 0 Å². The Morgan fingerprint density at radius 1 is 1.25 bits per heavy atom. The minimum atomic E-state index is -1.25. The first-order valence-electron chi connectivity index (χ1n) is 7.77. The van der Waals surface area contributed by atoms with Crippen molar-refractivity contribution in [1.82, 2.24) is 5.32 Å². The van der Waals surface area contributed by atoms with Crippen molar-refractivity contribution >= 4 is 5.91 Å². The number of ether oxygens (including phenoxy) is 2. The molecule has 2 atom stereocenters. The van der Waals surface area contributed by atoms with E-state index >= 15 is 0 Å². The zero-order valence-corrected chi connectivity index (χ0v) is 17.3. The van der Waals surface area contributed by atoms with Crippen LogP contribution in [0.2, 0.25) is 0 Å². The van der Waals surface area contributed by atoms with E-state index in [2.05, 4.69) is 17.2 Å². The number of rotatable bonds is 12. The van der Waals surface area contributed by atoms with Crippen LogP contribution in [0.1, 0.15) is 27.2 Å². The van der Waals surface area contributed by atoms with Gasteiger partial charge in [-0.3, -0.25) is 0 Å². The van der Waals surface area contributed by atoms with Crippen LogP contribution in [-0.4, -0.2) is 69.7 Å². The number of carbonyl (C=O) groups is 1. The van der Waals surface area contributed by atoms with E-state index in [0.717, 1.165) is 6.42 Å². The molecule has 0 aliphatic heterocycles. The summed E-state index contributed by atoms with van der Waals surface area (Å²) >= 11 is 0.153. The van der Waals surface area contributed by atoms with E-state index in [-0.39, 0.29) is 39.3 Å². The molecule has 144 valence electrons. The fraction of sp³-hybridized carbons (Fsp3) is 0.812. The van der Waals surface area contributed by atoms with Gasteiger partial charge in [-0.1, -0.05) is 0 Å². The summed E-state index contributed by atoms with van der Waals surface area (Å²) in [5.74, 6) is -0.237. The van der Waals surface area contributed by atoms with Crippen molar-refractivity contribution in [1.29, 1.82) is 0 Å². The van der Waals surface area contributed by atoms with E-state index in [1.54, 1.807) is 13.8 Å². The van der Waals surface area contributed by atoms with Gasteiger partial charge in [-0.2, -0.15) is 0 Å². The molecule has 2 unspecified atom stereocenters. The van der Waals surface area contributed by atoms with Gasteiger partial charge >= 0.3 is 142 Å². The third kappa shape index (κ3) is 8.00. The summed E-state index contributed by atoms with van der Waals surface area (Å²) < 4.78 is 11.0. The van der Waals surface area contributed by atoms with Gasteiger partial charge in [0.15, 0.2) is 0 Å². The van der Waals surface area contributed by atoms with Gasteiger partial charge in [-0.25, -0.2) is 0 Å². The number of nitrogens with one attached hydrogen (secondary N) is 1. The standard InChI is InChI=1S/C16H31INO6/c1-11(17-4)6-7-18-15(22)14(21)16(2,3)10-24-13(9-20)12(8-19)23-5/h11,14,19-21H,6-10H2,1-5H3,(H,18,22)/q-1/b13-12-. The number of hydrogen-bond acceptors (Lipinski definition) is 6. The molecule has 24 heavy (non-hydrogen) atoms. The van der Waals surface area contributed by atoms with Crippen LogP contribution in [0.15, 0.2) is 11.5 Å². The molecule has 1 amide bonds. The molecule has 0 saturated carbocycles. The predicted molar refractivity (Wildman–Crippen MR) is 87.0 cm³/mol. The molecule has 0 aliphatic carbocycles. The van der Waals surface area contributed by atoms with Crippen molar-refractivity contribution in [2.75, 3.05) is 38.4 Å². The van der Waals surface area contributed by atoms with E-state index in [4.69, 9.17) is 14.6 Å². The van der Waals surface area contributed by atoms with Gasteiger partial charge in [0.2, 0.25) is 0 Å². The van der Waals surface area contributed by atoms with E-state index in [0.29, 0.717) is 10.5 Å². The maximum absolute atomic E-state index is 12.1. The Kier molecular flexibility index (Phi) is 11.6. The molecule has 4 N–H and O–H groups in total. The van der Waals surface area contributed by atoms with Gasteiger partial charge < -0.3 is 5.11 Å². The fourth-order valence-electron chi connectivity index (χ4n) is 1.79. The Morgan fingerprint density at radius 3 is 2.29 bits per heavy atom. The van der Waals surface area contributed by atoms with Crippen LogP contribution in [0, 0.1) is 5.41 Å². The molecule has 0 spiro atoms. The van der Waals surface area contributed by atoms with E-state index in [9.17, 15) is 15.0 Å². The second kappa shape index (κ2) is 11.9. The summed E-state index contributed by atoms with van der Waals surface area (Å²) in [4.78, 5) is 14.3. The average Bonchev–Trinajstić information content (AvgIpc) is 2.57. The molecule has 0 aromatic carbocycles. The van der Waals surface area contributed by atoms with Crippen LogP contribution in [0.25, 0.3) is 0 Å². The first-order chi connectivity index (χ1) is 11.2. The average molecular weight is 460 g/mol. The minimum absolute atomic E-state index is 0.0127. The second-order valence-corrected chi connectivity index (χ2v) is 9.50. The van der Waals surface area contributed by atoms with Crippen molar-refractivity contribution in [2.24, 2.45) is 5.41 Å². The van der Waals surface area contributed by atoms with Gasteiger partial charge in [0.1, 0.15) is 0 Å². The maximum atomic E-state index is 12.1. The third-order valence-corrected chi connectivity index (χ3v) is 6.41. The Hall–Kier alpha value is -0.580. The quantitative estimate of drug-likeness (QED) is 0.139. The van der Waals surface area contributed by atoms with Crippen molar-refractivity contribution < 1.29 is 50.8 Å². The number of amides is 1. The number of aliphatic hydroxyl groups is 3. The summed E-state index contributed by atoms with van der Waals surface area (Å²) in [6, 6.07) is 0. The third-order valence-electron chi connectivity index (χ3n) is 3.67. The SMILES string of the molecule is CO/C(CO)=C(/CO)OCC(C)(C)C(O)C(=O)NCCC(C)[I-]C. The normalized spacial score (nSPS) is 15.5. The van der Waals surface area contributed by atoms with Crippen molar-refractivity contribution in [3.05, 3.63) is 11.5 Å². The molecule has 0 aromatic rings. The summed E-state index contributed by atoms with van der Waals surface area (Å²) in [5, 5.41) is 31.4. The molecule has 0 aliphatic rings. The Labute approximate surface area is 154 Å². The monoisotopic (exact) mass is 460 g/mol. The molecule has 7 nitrogen and oxygen atoms in total. The van der Waals surface area contributed by atoms with Crippen LogP contribution in [0.5, 0.6) is 0 Å². The first-order valence-corrected chi connectivity index (χ1v) is 11.2. The Bertz CT molecular complexity index is 407. The van der Waals surface area contributed by atoms with E-state index in [1.807, 2.05) is 0 Å². The Morgan fingerprint density at radius 2 is 1.83 bits per heavy atom. The molecule has 8 heteroatoms. The summed E-state index contributed by atoms with van der Waals surface area (Å²) in [6.45, 7) is 5.22. The summed E-state index contributed by atoms with van der Waals surface area (Å²) in [7, 11) is 1.36. The molecular formula is C16H31INO6-. The number of methoxy groups -OCH3 is 1. The van der Waals surface area contributed by atoms with Crippen LogP contribution >= 0.6 is 0 Å². The number of carbonyl (C=O) groups excluding carboxylic acids is 1. The van der Waals surface area contributed by atoms with Crippen molar-refractivity contribution in [3.8, 4) is 0 Å². The first kappa shape index (κ1) is 23.4. The molecular weight excluding hydrogens is 429 g/mol. The summed E-state index contributed by atoms with van der Waals surface area (Å²) in [6.07, 6.45) is -0.339. The zero-order valence-electron chi connectivity index (χ0n) is 15.1. The fourth-order valence-corrected chi connectivity index (χ4v) is 2.72. The van der Waals surface area contributed by atoms with Gasteiger partial charge in [0.25, 0.3) is 0 Å². The number of hydrogen-bond donors (Lipinski definition) is 4. The number of halogens is 1. The van der Waals surface area contributed by atoms with Crippen molar-refractivity contribution in [2.45, 2.75) is 37.2 Å².